The second kappa shape index (κ2) is 7.80. The molecule has 1 aromatic rings. The molecule has 0 aromatic carbocycles. The molecule has 2 fully saturated rings. The van der Waals surface area contributed by atoms with Crippen molar-refractivity contribution in [2.24, 2.45) is 0 Å². The SMILES string of the molecule is C[C@H]1CCN(C2CN(C(=O)Oc3ccc(OC(F)(F)F)nc3)CC(F)(F)C2)S1(=O)=O. The van der Waals surface area contributed by atoms with Gasteiger partial charge in [-0.05, 0) is 19.4 Å². The van der Waals surface area contributed by atoms with E-state index in [1.54, 1.807) is 0 Å². The van der Waals surface area contributed by atoms with Gasteiger partial charge in [0.15, 0.2) is 5.75 Å². The molecular formula is C16H18F5N3O5S. The fourth-order valence-electron chi connectivity index (χ4n) is 3.38. The molecule has 3 rings (SSSR count). The van der Waals surface area contributed by atoms with E-state index in [9.17, 15) is 35.2 Å². The Morgan fingerprint density at radius 3 is 2.53 bits per heavy atom. The highest BCUT2D eigenvalue weighted by Crippen LogP contribution is 2.34. The molecule has 168 valence electrons. The third-order valence-electron chi connectivity index (χ3n) is 4.78. The smallest absolute Gasteiger partial charge is 0.409 e. The summed E-state index contributed by atoms with van der Waals surface area (Å²) in [7, 11) is -3.74. The van der Waals surface area contributed by atoms with E-state index in [4.69, 9.17) is 4.74 Å². The van der Waals surface area contributed by atoms with Crippen LogP contribution in [0.5, 0.6) is 11.6 Å². The first-order chi connectivity index (χ1) is 13.8. The van der Waals surface area contributed by atoms with Gasteiger partial charge in [-0.2, -0.15) is 4.31 Å². The fourth-order valence-corrected chi connectivity index (χ4v) is 5.16. The number of likely N-dealkylation sites (tertiary alicyclic amines) is 1. The lowest BCUT2D eigenvalue weighted by atomic mass is 10.0. The molecule has 0 N–H and O–H groups in total. The van der Waals surface area contributed by atoms with Crippen molar-refractivity contribution in [2.45, 2.75) is 43.3 Å². The minimum atomic E-state index is -4.95. The summed E-state index contributed by atoms with van der Waals surface area (Å²) in [5.74, 6) is -4.42. The summed E-state index contributed by atoms with van der Waals surface area (Å²) >= 11 is 0. The summed E-state index contributed by atoms with van der Waals surface area (Å²) in [5.41, 5.74) is 0. The first kappa shape index (κ1) is 22.5. The number of aromatic nitrogens is 1. The monoisotopic (exact) mass is 459 g/mol. The summed E-state index contributed by atoms with van der Waals surface area (Å²) in [4.78, 5) is 16.3. The number of rotatable bonds is 3. The molecule has 0 aliphatic carbocycles. The number of nitrogens with zero attached hydrogens (tertiary/aromatic N) is 3. The number of piperidine rings is 1. The maximum absolute atomic E-state index is 14.2. The van der Waals surface area contributed by atoms with Gasteiger partial charge in [-0.3, -0.25) is 0 Å². The van der Waals surface area contributed by atoms with Gasteiger partial charge in [-0.1, -0.05) is 0 Å². The van der Waals surface area contributed by atoms with Crippen molar-refractivity contribution in [3.8, 4) is 11.6 Å². The first-order valence-electron chi connectivity index (χ1n) is 8.84. The summed E-state index contributed by atoms with van der Waals surface area (Å²) in [6.07, 6.45) is -5.81. The Hall–Kier alpha value is -2.22. The van der Waals surface area contributed by atoms with E-state index in [-0.39, 0.29) is 18.8 Å². The van der Waals surface area contributed by atoms with Gasteiger partial charge in [0.05, 0.1) is 18.0 Å². The number of ether oxygens (including phenoxy) is 2. The van der Waals surface area contributed by atoms with Crippen molar-refractivity contribution in [1.29, 1.82) is 0 Å². The zero-order chi connectivity index (χ0) is 22.3. The highest BCUT2D eigenvalue weighted by molar-refractivity contribution is 7.90. The van der Waals surface area contributed by atoms with Crippen molar-refractivity contribution >= 4 is 16.1 Å². The van der Waals surface area contributed by atoms with E-state index >= 15 is 0 Å². The van der Waals surface area contributed by atoms with E-state index in [2.05, 4.69) is 9.72 Å². The zero-order valence-corrected chi connectivity index (χ0v) is 16.4. The van der Waals surface area contributed by atoms with Crippen LogP contribution >= 0.6 is 0 Å². The molecular weight excluding hydrogens is 441 g/mol. The highest BCUT2D eigenvalue weighted by atomic mass is 32.2. The third-order valence-corrected chi connectivity index (χ3v) is 7.17. The number of hydrogen-bond acceptors (Lipinski definition) is 6. The van der Waals surface area contributed by atoms with E-state index in [0.29, 0.717) is 11.3 Å². The Balaban J connectivity index is 1.69. The number of amides is 1. The molecule has 0 radical (unpaired) electrons. The largest absolute Gasteiger partial charge is 0.574 e. The van der Waals surface area contributed by atoms with Crippen LogP contribution in [0.4, 0.5) is 26.7 Å². The molecule has 30 heavy (non-hydrogen) atoms. The summed E-state index contributed by atoms with van der Waals surface area (Å²) in [6, 6.07) is 0.636. The number of alkyl halides is 5. The van der Waals surface area contributed by atoms with Crippen LogP contribution in [-0.2, 0) is 10.0 Å². The average Bonchev–Trinajstić information content (AvgIpc) is 2.87. The minimum absolute atomic E-state index is 0.0811. The van der Waals surface area contributed by atoms with Crippen molar-refractivity contribution in [1.82, 2.24) is 14.2 Å². The fraction of sp³-hybridized carbons (Fsp3) is 0.625. The van der Waals surface area contributed by atoms with Gasteiger partial charge in [-0.15, -0.1) is 13.2 Å². The molecule has 2 atom stereocenters. The van der Waals surface area contributed by atoms with Gasteiger partial charge >= 0.3 is 12.5 Å². The Morgan fingerprint density at radius 1 is 1.30 bits per heavy atom. The van der Waals surface area contributed by atoms with Gasteiger partial charge in [0, 0.05) is 31.6 Å². The van der Waals surface area contributed by atoms with E-state index in [1.165, 1.54) is 6.92 Å². The average molecular weight is 459 g/mol. The third kappa shape index (κ3) is 5.09. The zero-order valence-electron chi connectivity index (χ0n) is 15.6. The standard InChI is InChI=1S/C16H18F5N3O5S/c1-10-4-5-24(30(10,26)27)11-6-15(17,18)9-23(8-11)14(25)28-12-2-3-13(22-7-12)29-16(19,20)21/h2-3,7,10-11H,4-6,8-9H2,1H3/t10-,11?/m0/s1. The maximum atomic E-state index is 14.2. The lowest BCUT2D eigenvalue weighted by Gasteiger charge is -2.40. The molecule has 1 amide bonds. The molecule has 14 heteroatoms. The highest BCUT2D eigenvalue weighted by Gasteiger charge is 2.49. The van der Waals surface area contributed by atoms with E-state index in [0.717, 1.165) is 22.6 Å². The van der Waals surface area contributed by atoms with Gasteiger partial charge in [0.1, 0.15) is 0 Å². The summed E-state index contributed by atoms with van der Waals surface area (Å²) in [5, 5.41) is -0.697. The number of carbonyl (C=O) groups excluding carboxylic acids is 1. The topological polar surface area (TPSA) is 89.0 Å². The molecule has 0 spiro atoms. The van der Waals surface area contributed by atoms with Crippen molar-refractivity contribution in [2.75, 3.05) is 19.6 Å². The minimum Gasteiger partial charge on any atom is -0.409 e. The second-order valence-corrected chi connectivity index (χ2v) is 9.40. The maximum Gasteiger partial charge on any atom is 0.574 e. The van der Waals surface area contributed by atoms with Crippen LogP contribution in [0.3, 0.4) is 0 Å². The molecule has 0 bridgehead atoms. The molecule has 8 nitrogen and oxygen atoms in total. The number of pyridine rings is 1. The number of sulfonamides is 1. The van der Waals surface area contributed by atoms with Crippen LogP contribution in [0.15, 0.2) is 18.3 Å². The normalized spacial score (nSPS) is 26.4. The lowest BCUT2D eigenvalue weighted by molar-refractivity contribution is -0.276. The first-order valence-corrected chi connectivity index (χ1v) is 10.3. The van der Waals surface area contributed by atoms with Crippen molar-refractivity contribution < 1.29 is 44.6 Å². The number of halogens is 5. The predicted molar refractivity (Wildman–Crippen MR) is 91.6 cm³/mol. The van der Waals surface area contributed by atoms with Gasteiger partial charge < -0.3 is 14.4 Å². The molecule has 2 aliphatic rings. The van der Waals surface area contributed by atoms with Crippen LogP contribution in [0.1, 0.15) is 19.8 Å². The second-order valence-electron chi connectivity index (χ2n) is 7.10. The van der Waals surface area contributed by atoms with Crippen LogP contribution in [-0.4, -0.2) is 71.9 Å². The molecule has 2 aliphatic heterocycles. The van der Waals surface area contributed by atoms with Crippen LogP contribution in [0.25, 0.3) is 0 Å². The summed E-state index contributed by atoms with van der Waals surface area (Å²) < 4.78 is 99.0. The Morgan fingerprint density at radius 2 is 2.00 bits per heavy atom. The number of carbonyl (C=O) groups is 1. The molecule has 3 heterocycles. The van der Waals surface area contributed by atoms with Crippen molar-refractivity contribution in [3.63, 3.8) is 0 Å². The quantitative estimate of drug-likeness (QED) is 0.646. The van der Waals surface area contributed by atoms with Gasteiger partial charge in [-0.25, -0.2) is 27.0 Å². The number of hydrogen-bond donors (Lipinski definition) is 0. The Bertz CT molecular complexity index is 894. The van der Waals surface area contributed by atoms with Crippen LogP contribution in [0.2, 0.25) is 0 Å². The Kier molecular flexibility index (Phi) is 5.84. The van der Waals surface area contributed by atoms with Gasteiger partial charge in [0.2, 0.25) is 15.9 Å². The molecule has 1 unspecified atom stereocenters. The predicted octanol–water partition coefficient (Wildman–Crippen LogP) is 2.61. The van der Waals surface area contributed by atoms with Crippen molar-refractivity contribution in [3.05, 3.63) is 18.3 Å². The van der Waals surface area contributed by atoms with Gasteiger partial charge in [0.25, 0.3) is 5.92 Å². The molecule has 0 saturated carbocycles. The lowest BCUT2D eigenvalue weighted by Crippen LogP contribution is -2.57. The Labute approximate surface area is 168 Å². The summed E-state index contributed by atoms with van der Waals surface area (Å²) in [6.45, 7) is 0.288. The van der Waals surface area contributed by atoms with Crippen LogP contribution < -0.4 is 9.47 Å². The van der Waals surface area contributed by atoms with Crippen LogP contribution in [0, 0.1) is 0 Å². The molecule has 2 saturated heterocycles. The molecule has 1 aromatic heterocycles. The van der Waals surface area contributed by atoms with E-state index in [1.807, 2.05) is 0 Å². The van der Waals surface area contributed by atoms with E-state index < -0.39 is 58.5 Å².